The van der Waals surface area contributed by atoms with Crippen LogP contribution < -0.4 is 5.32 Å². The fraction of sp³-hybridized carbons (Fsp3) is 0.688. The molecule has 2 heterocycles. The molecule has 1 saturated carbocycles. The van der Waals surface area contributed by atoms with Gasteiger partial charge in [-0.15, -0.1) is 0 Å². The molecule has 1 aromatic heterocycles. The number of piperazine rings is 1. The fourth-order valence-electron chi connectivity index (χ4n) is 3.67. The maximum absolute atomic E-state index is 4.12. The lowest BCUT2D eigenvalue weighted by Gasteiger charge is -2.42. The molecule has 3 heteroatoms. The molecule has 0 spiro atoms. The molecule has 3 rings (SSSR count). The van der Waals surface area contributed by atoms with Crippen LogP contribution in [0.15, 0.2) is 24.5 Å². The molecule has 2 aliphatic rings. The minimum atomic E-state index is 0.738. The van der Waals surface area contributed by atoms with E-state index in [0.717, 1.165) is 25.0 Å². The highest BCUT2D eigenvalue weighted by atomic mass is 15.2. The standard InChI is InChI=1S/C16H25N3/c1-2-4-15(5-3-1)16-12-18-10-11-19(16)13-14-6-8-17-9-7-14/h6-9,15-16,18H,1-5,10-13H2. The number of aromatic nitrogens is 1. The summed E-state index contributed by atoms with van der Waals surface area (Å²) in [5.74, 6) is 0.906. The van der Waals surface area contributed by atoms with Crippen LogP contribution in [0.2, 0.25) is 0 Å². The Balaban J connectivity index is 1.66. The summed E-state index contributed by atoms with van der Waals surface area (Å²) in [6.07, 6.45) is 11.0. The topological polar surface area (TPSA) is 28.2 Å². The van der Waals surface area contributed by atoms with Gasteiger partial charge in [0.05, 0.1) is 0 Å². The van der Waals surface area contributed by atoms with Gasteiger partial charge in [0.15, 0.2) is 0 Å². The largest absolute Gasteiger partial charge is 0.314 e. The molecule has 1 aliphatic carbocycles. The first-order chi connectivity index (χ1) is 9.43. The third-order valence-electron chi connectivity index (χ3n) is 4.73. The Kier molecular flexibility index (Phi) is 4.46. The molecule has 0 amide bonds. The summed E-state index contributed by atoms with van der Waals surface area (Å²) < 4.78 is 0. The van der Waals surface area contributed by atoms with Gasteiger partial charge in [-0.3, -0.25) is 9.88 Å². The lowest BCUT2D eigenvalue weighted by molar-refractivity contribution is 0.0859. The quantitative estimate of drug-likeness (QED) is 0.903. The number of pyridine rings is 1. The first-order valence-corrected chi connectivity index (χ1v) is 7.77. The second-order valence-electron chi connectivity index (χ2n) is 6.00. The van der Waals surface area contributed by atoms with Crippen molar-refractivity contribution in [1.29, 1.82) is 0 Å². The maximum atomic E-state index is 4.12. The molecular weight excluding hydrogens is 234 g/mol. The van der Waals surface area contributed by atoms with E-state index in [0.29, 0.717) is 0 Å². The van der Waals surface area contributed by atoms with Gasteiger partial charge in [-0.25, -0.2) is 0 Å². The van der Waals surface area contributed by atoms with E-state index < -0.39 is 0 Å². The molecular formula is C16H25N3. The third-order valence-corrected chi connectivity index (χ3v) is 4.73. The van der Waals surface area contributed by atoms with Crippen LogP contribution in [-0.2, 0) is 6.54 Å². The Morgan fingerprint density at radius 2 is 1.95 bits per heavy atom. The summed E-state index contributed by atoms with van der Waals surface area (Å²) in [6.45, 7) is 4.58. The Bertz CT molecular complexity index is 373. The smallest absolute Gasteiger partial charge is 0.0271 e. The summed E-state index contributed by atoms with van der Waals surface area (Å²) >= 11 is 0. The van der Waals surface area contributed by atoms with Crippen molar-refractivity contribution < 1.29 is 0 Å². The van der Waals surface area contributed by atoms with Crippen molar-refractivity contribution >= 4 is 0 Å². The molecule has 0 bridgehead atoms. The summed E-state index contributed by atoms with van der Waals surface area (Å²) in [6, 6.07) is 5.04. The van der Waals surface area contributed by atoms with E-state index in [2.05, 4.69) is 27.3 Å². The number of nitrogens with one attached hydrogen (secondary N) is 1. The second kappa shape index (κ2) is 6.49. The van der Waals surface area contributed by atoms with E-state index in [1.807, 2.05) is 12.4 Å². The van der Waals surface area contributed by atoms with Gasteiger partial charge in [-0.05, 0) is 36.5 Å². The number of hydrogen-bond acceptors (Lipinski definition) is 3. The lowest BCUT2D eigenvalue weighted by atomic mass is 9.82. The van der Waals surface area contributed by atoms with Crippen LogP contribution in [0.3, 0.4) is 0 Å². The monoisotopic (exact) mass is 259 g/mol. The zero-order valence-corrected chi connectivity index (χ0v) is 11.7. The van der Waals surface area contributed by atoms with Crippen LogP contribution in [0.25, 0.3) is 0 Å². The molecule has 1 aliphatic heterocycles. The van der Waals surface area contributed by atoms with Crippen molar-refractivity contribution in [3.63, 3.8) is 0 Å². The predicted octanol–water partition coefficient (Wildman–Crippen LogP) is 2.44. The molecule has 1 N–H and O–H groups in total. The Hall–Kier alpha value is -0.930. The van der Waals surface area contributed by atoms with E-state index in [9.17, 15) is 0 Å². The molecule has 2 fully saturated rings. The molecule has 1 saturated heterocycles. The van der Waals surface area contributed by atoms with E-state index in [-0.39, 0.29) is 0 Å². The summed E-state index contributed by atoms with van der Waals surface area (Å²) in [4.78, 5) is 6.81. The Labute approximate surface area is 116 Å². The van der Waals surface area contributed by atoms with Gasteiger partial charge < -0.3 is 5.32 Å². The SMILES string of the molecule is c1cc(CN2CCNCC2C2CCCCC2)ccn1. The minimum Gasteiger partial charge on any atom is -0.314 e. The van der Waals surface area contributed by atoms with Crippen LogP contribution in [0.1, 0.15) is 37.7 Å². The van der Waals surface area contributed by atoms with Crippen molar-refractivity contribution in [3.05, 3.63) is 30.1 Å². The normalized spacial score (nSPS) is 26.4. The molecule has 1 aromatic rings. The van der Waals surface area contributed by atoms with Crippen molar-refractivity contribution in [1.82, 2.24) is 15.2 Å². The first-order valence-electron chi connectivity index (χ1n) is 7.77. The molecule has 3 nitrogen and oxygen atoms in total. The van der Waals surface area contributed by atoms with Crippen LogP contribution >= 0.6 is 0 Å². The Morgan fingerprint density at radius 3 is 2.74 bits per heavy atom. The van der Waals surface area contributed by atoms with Crippen molar-refractivity contribution in [2.24, 2.45) is 5.92 Å². The van der Waals surface area contributed by atoms with Gasteiger partial charge in [0.1, 0.15) is 0 Å². The van der Waals surface area contributed by atoms with Crippen molar-refractivity contribution in [2.75, 3.05) is 19.6 Å². The van der Waals surface area contributed by atoms with Crippen molar-refractivity contribution in [3.8, 4) is 0 Å². The van der Waals surface area contributed by atoms with Gasteiger partial charge >= 0.3 is 0 Å². The molecule has 104 valence electrons. The van der Waals surface area contributed by atoms with Gasteiger partial charge in [0, 0.05) is 44.6 Å². The molecule has 0 aromatic carbocycles. The highest BCUT2D eigenvalue weighted by molar-refractivity contribution is 5.10. The lowest BCUT2D eigenvalue weighted by Crippen LogP contribution is -2.54. The summed E-state index contributed by atoms with van der Waals surface area (Å²) in [5.41, 5.74) is 1.40. The first kappa shape index (κ1) is 13.1. The van der Waals surface area contributed by atoms with Gasteiger partial charge in [-0.2, -0.15) is 0 Å². The van der Waals surface area contributed by atoms with Crippen LogP contribution in [0, 0.1) is 5.92 Å². The minimum absolute atomic E-state index is 0.738. The van der Waals surface area contributed by atoms with Gasteiger partial charge in [0.25, 0.3) is 0 Å². The van der Waals surface area contributed by atoms with E-state index in [1.54, 1.807) is 0 Å². The second-order valence-corrected chi connectivity index (χ2v) is 6.00. The Morgan fingerprint density at radius 1 is 1.16 bits per heavy atom. The molecule has 19 heavy (non-hydrogen) atoms. The number of nitrogens with zero attached hydrogens (tertiary/aromatic N) is 2. The van der Waals surface area contributed by atoms with Crippen molar-refractivity contribution in [2.45, 2.75) is 44.7 Å². The highest BCUT2D eigenvalue weighted by Gasteiger charge is 2.30. The molecule has 0 radical (unpaired) electrons. The van der Waals surface area contributed by atoms with Gasteiger partial charge in [0.2, 0.25) is 0 Å². The van der Waals surface area contributed by atoms with E-state index in [1.165, 1.54) is 50.8 Å². The zero-order valence-electron chi connectivity index (χ0n) is 11.7. The van der Waals surface area contributed by atoms with Gasteiger partial charge in [-0.1, -0.05) is 19.3 Å². The van der Waals surface area contributed by atoms with E-state index >= 15 is 0 Å². The third kappa shape index (κ3) is 3.34. The maximum Gasteiger partial charge on any atom is 0.0271 e. The average Bonchev–Trinajstić information content (AvgIpc) is 2.50. The number of hydrogen-bond donors (Lipinski definition) is 1. The highest BCUT2D eigenvalue weighted by Crippen LogP contribution is 2.30. The fourth-order valence-corrected chi connectivity index (χ4v) is 3.67. The number of rotatable bonds is 3. The zero-order chi connectivity index (χ0) is 12.9. The predicted molar refractivity (Wildman–Crippen MR) is 77.9 cm³/mol. The van der Waals surface area contributed by atoms with Crippen LogP contribution in [0.5, 0.6) is 0 Å². The van der Waals surface area contributed by atoms with Crippen LogP contribution in [-0.4, -0.2) is 35.6 Å². The molecule has 1 unspecified atom stereocenters. The van der Waals surface area contributed by atoms with Crippen LogP contribution in [0.4, 0.5) is 0 Å². The summed E-state index contributed by atoms with van der Waals surface area (Å²) in [5, 5.41) is 3.59. The molecule has 1 atom stereocenters. The summed E-state index contributed by atoms with van der Waals surface area (Å²) in [7, 11) is 0. The van der Waals surface area contributed by atoms with E-state index in [4.69, 9.17) is 0 Å². The average molecular weight is 259 g/mol.